The van der Waals surface area contributed by atoms with E-state index in [2.05, 4.69) is 4.72 Å². The lowest BCUT2D eigenvalue weighted by molar-refractivity contribution is 0.299. The molecule has 0 aliphatic heterocycles. The molecule has 2 aromatic rings. The van der Waals surface area contributed by atoms with Crippen LogP contribution in [0.4, 0.5) is 4.39 Å². The fourth-order valence-corrected chi connectivity index (χ4v) is 3.56. The van der Waals surface area contributed by atoms with Crippen molar-refractivity contribution in [3.8, 4) is 0 Å². The monoisotopic (exact) mass is 356 g/mol. The van der Waals surface area contributed by atoms with Crippen LogP contribution in [0.1, 0.15) is 11.6 Å². The van der Waals surface area contributed by atoms with E-state index in [1.807, 2.05) is 19.0 Å². The Labute approximate surface area is 140 Å². The second kappa shape index (κ2) is 7.40. The van der Waals surface area contributed by atoms with Crippen molar-refractivity contribution >= 4 is 21.6 Å². The SMILES string of the molecule is CN(C)C(CNS(=O)(=O)c1cccc(Cl)c1)c1cccc(F)c1. The fourth-order valence-electron chi connectivity index (χ4n) is 2.22. The van der Waals surface area contributed by atoms with Gasteiger partial charge in [0, 0.05) is 17.6 Å². The van der Waals surface area contributed by atoms with Crippen molar-refractivity contribution in [3.63, 3.8) is 0 Å². The molecule has 0 bridgehead atoms. The Morgan fingerprint density at radius 3 is 2.48 bits per heavy atom. The van der Waals surface area contributed by atoms with Crippen LogP contribution in [-0.2, 0) is 10.0 Å². The molecule has 0 heterocycles. The highest BCUT2D eigenvalue weighted by atomic mass is 35.5. The van der Waals surface area contributed by atoms with Crippen LogP contribution in [0.2, 0.25) is 5.02 Å². The second-order valence-electron chi connectivity index (χ2n) is 5.34. The van der Waals surface area contributed by atoms with Crippen LogP contribution in [-0.4, -0.2) is 34.0 Å². The molecule has 1 unspecified atom stereocenters. The first-order chi connectivity index (χ1) is 10.8. The Hall–Kier alpha value is -1.47. The second-order valence-corrected chi connectivity index (χ2v) is 7.55. The first-order valence-corrected chi connectivity index (χ1v) is 8.83. The van der Waals surface area contributed by atoms with Gasteiger partial charge in [0.05, 0.1) is 4.90 Å². The van der Waals surface area contributed by atoms with Crippen molar-refractivity contribution in [2.24, 2.45) is 0 Å². The molecular formula is C16H18ClFN2O2S. The van der Waals surface area contributed by atoms with Crippen LogP contribution >= 0.6 is 11.6 Å². The molecule has 2 aromatic carbocycles. The number of nitrogens with one attached hydrogen (secondary N) is 1. The Kier molecular flexibility index (Phi) is 5.75. The smallest absolute Gasteiger partial charge is 0.240 e. The minimum Gasteiger partial charge on any atom is -0.301 e. The van der Waals surface area contributed by atoms with Crippen LogP contribution in [0.15, 0.2) is 53.4 Å². The third kappa shape index (κ3) is 4.75. The lowest BCUT2D eigenvalue weighted by atomic mass is 10.1. The van der Waals surface area contributed by atoms with Crippen LogP contribution in [0, 0.1) is 5.82 Å². The highest BCUT2D eigenvalue weighted by Gasteiger charge is 2.20. The lowest BCUT2D eigenvalue weighted by Gasteiger charge is -2.25. The molecule has 4 nitrogen and oxygen atoms in total. The normalized spacial score (nSPS) is 13.3. The molecule has 0 radical (unpaired) electrons. The van der Waals surface area contributed by atoms with E-state index in [0.29, 0.717) is 10.6 Å². The summed E-state index contributed by atoms with van der Waals surface area (Å²) in [6.45, 7) is 0.116. The molecular weight excluding hydrogens is 339 g/mol. The van der Waals surface area contributed by atoms with E-state index < -0.39 is 10.0 Å². The quantitative estimate of drug-likeness (QED) is 0.865. The topological polar surface area (TPSA) is 49.4 Å². The Bertz CT molecular complexity index is 781. The number of nitrogens with zero attached hydrogens (tertiary/aromatic N) is 1. The molecule has 1 atom stereocenters. The molecule has 124 valence electrons. The van der Waals surface area contributed by atoms with Crippen molar-refractivity contribution in [1.82, 2.24) is 9.62 Å². The van der Waals surface area contributed by atoms with Crippen molar-refractivity contribution in [1.29, 1.82) is 0 Å². The third-order valence-corrected chi connectivity index (χ3v) is 5.09. The summed E-state index contributed by atoms with van der Waals surface area (Å²) >= 11 is 5.84. The summed E-state index contributed by atoms with van der Waals surface area (Å²) < 4.78 is 40.6. The number of likely N-dealkylation sites (N-methyl/N-ethyl adjacent to an activating group) is 1. The summed E-state index contributed by atoms with van der Waals surface area (Å²) in [6.07, 6.45) is 0. The standard InChI is InChI=1S/C16H18ClFN2O2S/c1-20(2)16(12-5-3-7-14(18)9-12)11-19-23(21,22)15-8-4-6-13(17)10-15/h3-10,16,19H,11H2,1-2H3. The molecule has 0 aromatic heterocycles. The molecule has 23 heavy (non-hydrogen) atoms. The molecule has 1 N–H and O–H groups in total. The van der Waals surface area contributed by atoms with Crippen molar-refractivity contribution in [2.45, 2.75) is 10.9 Å². The fraction of sp³-hybridized carbons (Fsp3) is 0.250. The van der Waals surface area contributed by atoms with Gasteiger partial charge >= 0.3 is 0 Å². The molecule has 0 spiro atoms. The number of hydrogen-bond donors (Lipinski definition) is 1. The van der Waals surface area contributed by atoms with E-state index in [4.69, 9.17) is 11.6 Å². The maximum absolute atomic E-state index is 13.4. The molecule has 0 aliphatic carbocycles. The Balaban J connectivity index is 2.19. The van der Waals surface area contributed by atoms with Gasteiger partial charge in [0.15, 0.2) is 0 Å². The summed E-state index contributed by atoms with van der Waals surface area (Å²) in [6, 6.07) is 11.9. The van der Waals surface area contributed by atoms with Crippen LogP contribution in [0.5, 0.6) is 0 Å². The Morgan fingerprint density at radius 1 is 1.17 bits per heavy atom. The zero-order valence-electron chi connectivity index (χ0n) is 12.8. The summed E-state index contributed by atoms with van der Waals surface area (Å²) in [5.41, 5.74) is 0.698. The average Bonchev–Trinajstić information content (AvgIpc) is 2.47. The molecule has 2 rings (SSSR count). The molecule has 0 fully saturated rings. The molecule has 0 saturated heterocycles. The van der Waals surface area contributed by atoms with Crippen molar-refractivity contribution < 1.29 is 12.8 Å². The minimum absolute atomic E-state index is 0.0988. The number of sulfonamides is 1. The predicted octanol–water partition coefficient (Wildman–Crippen LogP) is 3.06. The summed E-state index contributed by atoms with van der Waals surface area (Å²) in [4.78, 5) is 1.93. The molecule has 0 saturated carbocycles. The number of rotatable bonds is 6. The van der Waals surface area contributed by atoms with E-state index in [0.717, 1.165) is 0 Å². The van der Waals surface area contributed by atoms with Crippen molar-refractivity contribution in [3.05, 3.63) is 64.9 Å². The predicted molar refractivity (Wildman–Crippen MR) is 89.5 cm³/mol. The first kappa shape index (κ1) is 17.9. The van der Waals surface area contributed by atoms with E-state index in [-0.39, 0.29) is 23.3 Å². The molecule has 0 aliphatic rings. The number of halogens is 2. The van der Waals surface area contributed by atoms with E-state index in [1.165, 1.54) is 24.3 Å². The number of benzene rings is 2. The Morgan fingerprint density at radius 2 is 1.87 bits per heavy atom. The van der Waals surface area contributed by atoms with Crippen molar-refractivity contribution in [2.75, 3.05) is 20.6 Å². The van der Waals surface area contributed by atoms with Gasteiger partial charge in [-0.2, -0.15) is 0 Å². The van der Waals surface area contributed by atoms with Crippen LogP contribution in [0.3, 0.4) is 0 Å². The van der Waals surface area contributed by atoms with Gasteiger partial charge in [0.2, 0.25) is 10.0 Å². The van der Waals surface area contributed by atoms with Gasteiger partial charge in [-0.3, -0.25) is 0 Å². The lowest BCUT2D eigenvalue weighted by Crippen LogP contribution is -2.34. The number of hydrogen-bond acceptors (Lipinski definition) is 3. The van der Waals surface area contributed by atoms with Crippen LogP contribution < -0.4 is 4.72 Å². The van der Waals surface area contributed by atoms with E-state index in [1.54, 1.807) is 24.3 Å². The van der Waals surface area contributed by atoms with Gasteiger partial charge in [-0.1, -0.05) is 29.8 Å². The van der Waals surface area contributed by atoms with Gasteiger partial charge in [-0.25, -0.2) is 17.5 Å². The maximum Gasteiger partial charge on any atom is 0.240 e. The van der Waals surface area contributed by atoms with Gasteiger partial charge in [0.25, 0.3) is 0 Å². The summed E-state index contributed by atoms with van der Waals surface area (Å²) in [5, 5.41) is 0.349. The van der Waals surface area contributed by atoms with Gasteiger partial charge in [0.1, 0.15) is 5.82 Å². The van der Waals surface area contributed by atoms with E-state index >= 15 is 0 Å². The minimum atomic E-state index is -3.68. The van der Waals surface area contributed by atoms with Gasteiger partial charge in [-0.05, 0) is 50.0 Å². The maximum atomic E-state index is 13.4. The molecule has 0 amide bonds. The van der Waals surface area contributed by atoms with Crippen LogP contribution in [0.25, 0.3) is 0 Å². The average molecular weight is 357 g/mol. The highest BCUT2D eigenvalue weighted by molar-refractivity contribution is 7.89. The zero-order chi connectivity index (χ0) is 17.0. The highest BCUT2D eigenvalue weighted by Crippen LogP contribution is 2.20. The largest absolute Gasteiger partial charge is 0.301 e. The third-order valence-electron chi connectivity index (χ3n) is 3.43. The summed E-state index contributed by atoms with van der Waals surface area (Å²) in [7, 11) is -0.0668. The van der Waals surface area contributed by atoms with E-state index in [9.17, 15) is 12.8 Å². The first-order valence-electron chi connectivity index (χ1n) is 6.97. The van der Waals surface area contributed by atoms with Gasteiger partial charge in [-0.15, -0.1) is 0 Å². The zero-order valence-corrected chi connectivity index (χ0v) is 14.4. The van der Waals surface area contributed by atoms with Gasteiger partial charge < -0.3 is 4.90 Å². The summed E-state index contributed by atoms with van der Waals surface area (Å²) in [5.74, 6) is -0.355. The molecule has 7 heteroatoms.